The summed E-state index contributed by atoms with van der Waals surface area (Å²) >= 11 is 0. The lowest BCUT2D eigenvalue weighted by Crippen LogP contribution is -2.50. The number of hydrogen-bond acceptors (Lipinski definition) is 2. The molecule has 1 aliphatic heterocycles. The van der Waals surface area contributed by atoms with Crippen molar-refractivity contribution in [2.45, 2.75) is 64.7 Å². The molecule has 2 fully saturated rings. The maximum Gasteiger partial charge on any atom is 0.222 e. The second kappa shape index (κ2) is 8.40. The number of piperazine rings is 1. The van der Waals surface area contributed by atoms with Gasteiger partial charge in [0.2, 0.25) is 11.8 Å². The number of amides is 2. The molecule has 21 heavy (non-hydrogen) atoms. The maximum absolute atomic E-state index is 12.3. The average molecular weight is 294 g/mol. The monoisotopic (exact) mass is 294 g/mol. The summed E-state index contributed by atoms with van der Waals surface area (Å²) in [4.78, 5) is 28.2. The molecule has 2 amide bonds. The first kappa shape index (κ1) is 16.3. The van der Waals surface area contributed by atoms with E-state index >= 15 is 0 Å². The van der Waals surface area contributed by atoms with Crippen LogP contribution in [0.2, 0.25) is 0 Å². The van der Waals surface area contributed by atoms with Gasteiger partial charge in [0.1, 0.15) is 0 Å². The molecule has 0 aromatic heterocycles. The fourth-order valence-corrected chi connectivity index (χ4v) is 3.46. The van der Waals surface area contributed by atoms with Gasteiger partial charge in [-0.3, -0.25) is 9.59 Å². The van der Waals surface area contributed by atoms with Gasteiger partial charge >= 0.3 is 0 Å². The van der Waals surface area contributed by atoms with Crippen LogP contribution in [-0.2, 0) is 9.59 Å². The predicted octanol–water partition coefficient (Wildman–Crippen LogP) is 2.82. The van der Waals surface area contributed by atoms with Crippen LogP contribution >= 0.6 is 0 Å². The molecule has 0 radical (unpaired) electrons. The Labute approximate surface area is 128 Å². The van der Waals surface area contributed by atoms with E-state index in [1.165, 1.54) is 32.1 Å². The Hall–Kier alpha value is -1.06. The Balaban J connectivity index is 1.70. The minimum Gasteiger partial charge on any atom is -0.339 e. The Bertz CT molecular complexity index is 343. The van der Waals surface area contributed by atoms with Gasteiger partial charge in [0.25, 0.3) is 0 Å². The summed E-state index contributed by atoms with van der Waals surface area (Å²) in [6.45, 7) is 5.00. The van der Waals surface area contributed by atoms with Gasteiger partial charge in [-0.15, -0.1) is 0 Å². The van der Waals surface area contributed by atoms with E-state index in [4.69, 9.17) is 0 Å². The first-order valence-electron chi connectivity index (χ1n) is 8.76. The summed E-state index contributed by atoms with van der Waals surface area (Å²) in [6, 6.07) is 0. The summed E-state index contributed by atoms with van der Waals surface area (Å²) < 4.78 is 0. The molecule has 1 saturated carbocycles. The van der Waals surface area contributed by atoms with Crippen molar-refractivity contribution in [1.82, 2.24) is 9.80 Å². The van der Waals surface area contributed by atoms with E-state index in [1.807, 2.05) is 9.80 Å². The highest BCUT2D eigenvalue weighted by Crippen LogP contribution is 2.27. The van der Waals surface area contributed by atoms with Gasteiger partial charge in [0.15, 0.2) is 0 Å². The van der Waals surface area contributed by atoms with Crippen LogP contribution < -0.4 is 0 Å². The third-order valence-corrected chi connectivity index (χ3v) is 4.92. The van der Waals surface area contributed by atoms with E-state index in [9.17, 15) is 9.59 Å². The summed E-state index contributed by atoms with van der Waals surface area (Å²) in [5.74, 6) is 1.18. The molecule has 1 saturated heterocycles. The molecule has 4 heteroatoms. The van der Waals surface area contributed by atoms with Crippen molar-refractivity contribution in [3.8, 4) is 0 Å². The van der Waals surface area contributed by atoms with E-state index in [1.54, 1.807) is 0 Å². The average Bonchev–Trinajstić information content (AvgIpc) is 2.53. The molecule has 0 aromatic rings. The number of unbranched alkanes of at least 4 members (excludes halogenated alkanes) is 1. The SMILES string of the molecule is CCCCC(=O)N1CCN(C(=O)CC2CCCCC2)CC1. The molecule has 0 atom stereocenters. The second-order valence-electron chi connectivity index (χ2n) is 6.57. The molecule has 1 heterocycles. The van der Waals surface area contributed by atoms with Gasteiger partial charge < -0.3 is 9.80 Å². The predicted molar refractivity (Wildman–Crippen MR) is 83.9 cm³/mol. The number of rotatable bonds is 5. The van der Waals surface area contributed by atoms with Crippen LogP contribution in [0.3, 0.4) is 0 Å². The van der Waals surface area contributed by atoms with Crippen LogP contribution in [0.25, 0.3) is 0 Å². The molecule has 0 unspecified atom stereocenters. The molecule has 0 N–H and O–H groups in total. The first-order chi connectivity index (χ1) is 10.2. The highest BCUT2D eigenvalue weighted by molar-refractivity contribution is 5.78. The van der Waals surface area contributed by atoms with Crippen molar-refractivity contribution in [1.29, 1.82) is 0 Å². The molecular formula is C17H30N2O2. The lowest BCUT2D eigenvalue weighted by atomic mass is 9.86. The molecular weight excluding hydrogens is 264 g/mol. The van der Waals surface area contributed by atoms with Crippen LogP contribution in [-0.4, -0.2) is 47.8 Å². The molecule has 2 aliphatic rings. The fourth-order valence-electron chi connectivity index (χ4n) is 3.46. The minimum atomic E-state index is 0.260. The molecule has 0 bridgehead atoms. The van der Waals surface area contributed by atoms with Crippen molar-refractivity contribution < 1.29 is 9.59 Å². The lowest BCUT2D eigenvalue weighted by Gasteiger charge is -2.35. The number of carbonyl (C=O) groups is 2. The van der Waals surface area contributed by atoms with Crippen molar-refractivity contribution in [3.63, 3.8) is 0 Å². The van der Waals surface area contributed by atoms with Crippen LogP contribution in [0, 0.1) is 5.92 Å². The zero-order valence-electron chi connectivity index (χ0n) is 13.5. The van der Waals surface area contributed by atoms with Crippen molar-refractivity contribution in [3.05, 3.63) is 0 Å². The van der Waals surface area contributed by atoms with E-state index in [2.05, 4.69) is 6.92 Å². The smallest absolute Gasteiger partial charge is 0.222 e. The molecule has 120 valence electrons. The summed E-state index contributed by atoms with van der Waals surface area (Å²) in [5, 5.41) is 0. The van der Waals surface area contributed by atoms with E-state index in [0.29, 0.717) is 18.2 Å². The molecule has 0 aromatic carbocycles. The fraction of sp³-hybridized carbons (Fsp3) is 0.882. The summed E-state index contributed by atoms with van der Waals surface area (Å²) in [5.41, 5.74) is 0. The van der Waals surface area contributed by atoms with Crippen molar-refractivity contribution in [2.75, 3.05) is 26.2 Å². The zero-order chi connectivity index (χ0) is 15.1. The van der Waals surface area contributed by atoms with Crippen LogP contribution in [0.15, 0.2) is 0 Å². The topological polar surface area (TPSA) is 40.6 Å². The second-order valence-corrected chi connectivity index (χ2v) is 6.57. The van der Waals surface area contributed by atoms with Crippen molar-refractivity contribution in [2.24, 2.45) is 5.92 Å². The van der Waals surface area contributed by atoms with Gasteiger partial charge in [-0.1, -0.05) is 32.6 Å². The zero-order valence-corrected chi connectivity index (χ0v) is 13.5. The number of hydrogen-bond donors (Lipinski definition) is 0. The van der Waals surface area contributed by atoms with Gasteiger partial charge in [0.05, 0.1) is 0 Å². The van der Waals surface area contributed by atoms with Crippen molar-refractivity contribution >= 4 is 11.8 Å². The molecule has 0 spiro atoms. The quantitative estimate of drug-likeness (QED) is 0.782. The summed E-state index contributed by atoms with van der Waals surface area (Å²) in [6.07, 6.45) is 9.78. The van der Waals surface area contributed by atoms with E-state index < -0.39 is 0 Å². The largest absolute Gasteiger partial charge is 0.339 e. The Morgan fingerprint density at radius 3 is 2.05 bits per heavy atom. The van der Waals surface area contributed by atoms with Gasteiger partial charge in [-0.2, -0.15) is 0 Å². The standard InChI is InChI=1S/C17H30N2O2/c1-2-3-9-16(20)18-10-12-19(13-11-18)17(21)14-15-7-5-4-6-8-15/h15H,2-14H2,1H3. The molecule has 2 rings (SSSR count). The summed E-state index contributed by atoms with van der Waals surface area (Å²) in [7, 11) is 0. The lowest BCUT2D eigenvalue weighted by molar-refractivity contribution is -0.140. The maximum atomic E-state index is 12.3. The first-order valence-corrected chi connectivity index (χ1v) is 8.76. The van der Waals surface area contributed by atoms with Crippen LogP contribution in [0.4, 0.5) is 0 Å². The Morgan fingerprint density at radius 1 is 0.905 bits per heavy atom. The molecule has 1 aliphatic carbocycles. The van der Waals surface area contributed by atoms with Gasteiger partial charge in [-0.05, 0) is 25.2 Å². The highest BCUT2D eigenvalue weighted by Gasteiger charge is 2.25. The van der Waals surface area contributed by atoms with Crippen LogP contribution in [0.1, 0.15) is 64.7 Å². The van der Waals surface area contributed by atoms with E-state index in [-0.39, 0.29) is 5.91 Å². The normalized spacial score (nSPS) is 20.6. The number of nitrogens with zero attached hydrogens (tertiary/aromatic N) is 2. The Morgan fingerprint density at radius 2 is 1.48 bits per heavy atom. The van der Waals surface area contributed by atoms with Gasteiger partial charge in [0, 0.05) is 39.0 Å². The number of carbonyl (C=O) groups excluding carboxylic acids is 2. The Kier molecular flexibility index (Phi) is 6.52. The van der Waals surface area contributed by atoms with Crippen LogP contribution in [0.5, 0.6) is 0 Å². The molecule has 4 nitrogen and oxygen atoms in total. The minimum absolute atomic E-state index is 0.260. The van der Waals surface area contributed by atoms with Gasteiger partial charge in [-0.25, -0.2) is 0 Å². The third kappa shape index (κ3) is 5.01. The third-order valence-electron chi connectivity index (χ3n) is 4.92. The van der Waals surface area contributed by atoms with E-state index in [0.717, 1.165) is 45.4 Å². The highest BCUT2D eigenvalue weighted by atomic mass is 16.2.